The van der Waals surface area contributed by atoms with Crippen molar-refractivity contribution in [3.8, 4) is 6.07 Å². The fourth-order valence-corrected chi connectivity index (χ4v) is 16.1. The molecule has 0 aromatic heterocycles. The standard InChI is InChI=1S/C49H80N3O7P/c1-31(2)45(32(3)4)60(56-25-13-23-50)59-38-26-34(6)52(29-38)43(53)14-11-10-12-24-51-46(54)57-37-18-20-47(8)36(27-37)15-16-39-40(47)19-21-48(9)41(39)28-42-44(48)35(7)49(58-42)22-17-33(5)30-55-49/h15,31-35,37-42,44-45H,10-14,16-22,24-30H2,1-9H3,(H,51,54)/t33-,34-,35+,37+,38-,39-,40+,41+,42+,44+,47+,48+,49?,60?/m1/s1. The highest BCUT2D eigenvalue weighted by Crippen LogP contribution is 2.70. The fraction of sp³-hybridized carbons (Fsp3) is 0.898. The number of fused-ring (bicyclic) bond motifs is 7. The number of amides is 2. The third-order valence-corrected chi connectivity index (χ3v) is 19.7. The molecule has 60 heavy (non-hydrogen) atoms. The van der Waals surface area contributed by atoms with Gasteiger partial charge in [0.15, 0.2) is 14.2 Å². The summed E-state index contributed by atoms with van der Waals surface area (Å²) in [5.41, 5.74) is 2.29. The first-order chi connectivity index (χ1) is 28.6. The summed E-state index contributed by atoms with van der Waals surface area (Å²) in [6.07, 6.45) is 16.6. The molecule has 2 amide bonds. The molecule has 2 unspecified atom stereocenters. The van der Waals surface area contributed by atoms with Gasteiger partial charge in [-0.3, -0.25) is 4.79 Å². The SMILES string of the molecule is CC(C)C(C(C)C)P(OCCC#N)O[C@@H]1C[C@@H](C)N(C(=O)CCCCCNC(=O)O[C@H]2CC[C@@]3(C)C(=CC[C@H]4[C@@H]5C[C@@H]6OC7(CC[C@@H](C)CO7)[C@@H](C)[C@@H]6[C@@]5(C)CC[C@@H]43)C2)C1. The number of hydrogen-bond acceptors (Lipinski definition) is 8. The zero-order valence-electron chi connectivity index (χ0n) is 38.7. The van der Waals surface area contributed by atoms with E-state index in [-0.39, 0.29) is 47.1 Å². The Kier molecular flexibility index (Phi) is 14.8. The molecular weight excluding hydrogens is 774 g/mol. The van der Waals surface area contributed by atoms with Crippen molar-refractivity contribution < 1.29 is 32.8 Å². The normalized spacial score (nSPS) is 40.2. The molecule has 1 spiro atoms. The molecule has 3 heterocycles. The molecule has 14 atom stereocenters. The van der Waals surface area contributed by atoms with E-state index in [1.807, 2.05) is 4.90 Å². The van der Waals surface area contributed by atoms with Crippen LogP contribution in [0.15, 0.2) is 11.6 Å². The molecule has 1 N–H and O–H groups in total. The van der Waals surface area contributed by atoms with Crippen molar-refractivity contribution in [2.45, 2.75) is 194 Å². The molecule has 11 heteroatoms. The smallest absolute Gasteiger partial charge is 0.407 e. The average Bonchev–Trinajstić information content (AvgIpc) is 3.81. The molecule has 4 aliphatic carbocycles. The van der Waals surface area contributed by atoms with E-state index >= 15 is 0 Å². The van der Waals surface area contributed by atoms with Crippen LogP contribution in [0.1, 0.15) is 159 Å². The van der Waals surface area contributed by atoms with Crippen molar-refractivity contribution >= 4 is 20.4 Å². The van der Waals surface area contributed by atoms with Gasteiger partial charge in [-0.15, -0.1) is 0 Å². The van der Waals surface area contributed by atoms with Gasteiger partial charge in [-0.05, 0) is 123 Å². The third kappa shape index (κ3) is 9.25. The maximum Gasteiger partial charge on any atom is 0.407 e. The van der Waals surface area contributed by atoms with Crippen molar-refractivity contribution in [1.29, 1.82) is 5.26 Å². The number of nitrogens with one attached hydrogen (secondary N) is 1. The van der Waals surface area contributed by atoms with Crippen LogP contribution in [0, 0.1) is 69.5 Å². The first-order valence-corrected chi connectivity index (χ1v) is 25.6. The maximum atomic E-state index is 13.3. The lowest BCUT2D eigenvalue weighted by atomic mass is 9.47. The van der Waals surface area contributed by atoms with Crippen LogP contribution in [-0.4, -0.2) is 79.0 Å². The van der Waals surface area contributed by atoms with E-state index in [0.717, 1.165) is 64.4 Å². The summed E-state index contributed by atoms with van der Waals surface area (Å²) in [7, 11) is -1.17. The summed E-state index contributed by atoms with van der Waals surface area (Å²) >= 11 is 0. The topological polar surface area (TPSA) is 119 Å². The van der Waals surface area contributed by atoms with E-state index < -0.39 is 8.38 Å². The summed E-state index contributed by atoms with van der Waals surface area (Å²) in [5, 5.41) is 12.1. The predicted octanol–water partition coefficient (Wildman–Crippen LogP) is 10.9. The molecule has 3 saturated heterocycles. The van der Waals surface area contributed by atoms with Crippen LogP contribution in [0.25, 0.3) is 0 Å². The van der Waals surface area contributed by atoms with Crippen LogP contribution < -0.4 is 5.32 Å². The fourth-order valence-electron chi connectivity index (χ4n) is 14.0. The predicted molar refractivity (Wildman–Crippen MR) is 236 cm³/mol. The Morgan fingerprint density at radius 3 is 2.50 bits per heavy atom. The summed E-state index contributed by atoms with van der Waals surface area (Å²) < 4.78 is 32.4. The zero-order valence-corrected chi connectivity index (χ0v) is 39.6. The molecule has 10 nitrogen and oxygen atoms in total. The molecule has 0 aromatic rings. The van der Waals surface area contributed by atoms with Gasteiger partial charge in [0.1, 0.15) is 6.10 Å². The Labute approximate surface area is 364 Å². The minimum atomic E-state index is -1.17. The minimum Gasteiger partial charge on any atom is -0.446 e. The molecule has 7 aliphatic rings. The third-order valence-electron chi connectivity index (χ3n) is 17.1. The highest BCUT2D eigenvalue weighted by molar-refractivity contribution is 7.48. The van der Waals surface area contributed by atoms with Gasteiger partial charge in [0.25, 0.3) is 0 Å². The lowest BCUT2D eigenvalue weighted by Crippen LogP contribution is -2.52. The second kappa shape index (κ2) is 19.1. The van der Waals surface area contributed by atoms with Crippen LogP contribution in [-0.2, 0) is 28.1 Å². The number of allylic oxidation sites excluding steroid dienone is 1. The quantitative estimate of drug-likeness (QED) is 0.0983. The Hall–Kier alpha value is -1.76. The van der Waals surface area contributed by atoms with Crippen LogP contribution in [0.5, 0.6) is 0 Å². The van der Waals surface area contributed by atoms with Crippen molar-refractivity contribution in [2.75, 3.05) is 26.3 Å². The van der Waals surface area contributed by atoms with Gasteiger partial charge in [-0.2, -0.15) is 5.26 Å². The summed E-state index contributed by atoms with van der Waals surface area (Å²) in [5.74, 6) is 4.36. The number of nitrogens with zero attached hydrogens (tertiary/aromatic N) is 2. The molecule has 0 aromatic carbocycles. The number of nitriles is 1. The Morgan fingerprint density at radius 2 is 1.78 bits per heavy atom. The van der Waals surface area contributed by atoms with Gasteiger partial charge in [-0.1, -0.05) is 73.5 Å². The number of ether oxygens (including phenoxy) is 3. The highest BCUT2D eigenvalue weighted by Gasteiger charge is 2.68. The number of rotatable bonds is 15. The second-order valence-corrected chi connectivity index (χ2v) is 23.3. The van der Waals surface area contributed by atoms with Crippen molar-refractivity contribution in [1.82, 2.24) is 10.2 Å². The average molecular weight is 854 g/mol. The van der Waals surface area contributed by atoms with E-state index in [1.54, 1.807) is 0 Å². The summed E-state index contributed by atoms with van der Waals surface area (Å²) in [6.45, 7) is 23.1. The van der Waals surface area contributed by atoms with E-state index in [1.165, 1.54) is 31.3 Å². The van der Waals surface area contributed by atoms with Crippen molar-refractivity contribution in [2.24, 2.45) is 58.2 Å². The van der Waals surface area contributed by atoms with Crippen LogP contribution in [0.2, 0.25) is 0 Å². The minimum absolute atomic E-state index is 0.0547. The van der Waals surface area contributed by atoms with Gasteiger partial charge < -0.3 is 33.5 Å². The Bertz CT molecular complexity index is 1570. The monoisotopic (exact) mass is 854 g/mol. The molecule has 0 bridgehead atoms. The molecule has 338 valence electrons. The summed E-state index contributed by atoms with van der Waals surface area (Å²) in [6, 6.07) is 2.29. The number of unbranched alkanes of at least 4 members (excludes halogenated alkanes) is 2. The lowest BCUT2D eigenvalue weighted by molar-refractivity contribution is -0.272. The molecule has 0 radical (unpaired) electrons. The number of carbonyl (C=O) groups excluding carboxylic acids is 2. The van der Waals surface area contributed by atoms with Crippen LogP contribution in [0.4, 0.5) is 4.79 Å². The largest absolute Gasteiger partial charge is 0.446 e. The summed E-state index contributed by atoms with van der Waals surface area (Å²) in [4.78, 5) is 28.2. The highest BCUT2D eigenvalue weighted by atomic mass is 31.2. The first kappa shape index (κ1) is 46.2. The zero-order chi connectivity index (χ0) is 43.0. The van der Waals surface area contributed by atoms with Crippen LogP contribution >= 0.6 is 8.38 Å². The first-order valence-electron chi connectivity index (χ1n) is 24.3. The second-order valence-electron chi connectivity index (χ2n) is 21.6. The molecule has 6 fully saturated rings. The molecule has 3 saturated carbocycles. The van der Waals surface area contributed by atoms with E-state index in [0.29, 0.717) is 91.4 Å². The van der Waals surface area contributed by atoms with E-state index in [9.17, 15) is 9.59 Å². The van der Waals surface area contributed by atoms with Crippen molar-refractivity contribution in [3.05, 3.63) is 11.6 Å². The molecule has 3 aliphatic heterocycles. The Morgan fingerprint density at radius 1 is 1.00 bits per heavy atom. The number of likely N-dealkylation sites (tertiary alicyclic amines) is 1. The maximum absolute atomic E-state index is 13.3. The molecule has 7 rings (SSSR count). The van der Waals surface area contributed by atoms with Crippen LogP contribution in [0.3, 0.4) is 0 Å². The van der Waals surface area contributed by atoms with E-state index in [2.05, 4.69) is 79.8 Å². The molecular formula is C49H80N3O7P. The van der Waals surface area contributed by atoms with Gasteiger partial charge in [0, 0.05) is 50.0 Å². The Balaban J connectivity index is 0.814. The van der Waals surface area contributed by atoms with E-state index in [4.69, 9.17) is 28.5 Å². The van der Waals surface area contributed by atoms with Gasteiger partial charge in [0.05, 0.1) is 37.9 Å². The number of carbonyl (C=O) groups is 2. The van der Waals surface area contributed by atoms with Gasteiger partial charge in [0.2, 0.25) is 5.91 Å². The number of alkyl carbamates (subject to hydrolysis) is 1. The number of hydrogen-bond donors (Lipinski definition) is 1. The van der Waals surface area contributed by atoms with Crippen molar-refractivity contribution in [3.63, 3.8) is 0 Å². The van der Waals surface area contributed by atoms with Gasteiger partial charge in [-0.25, -0.2) is 4.79 Å². The van der Waals surface area contributed by atoms with Gasteiger partial charge >= 0.3 is 6.09 Å². The lowest BCUT2D eigenvalue weighted by Gasteiger charge is -2.58.